The van der Waals surface area contributed by atoms with Gasteiger partial charge in [-0.3, -0.25) is 4.79 Å². The zero-order chi connectivity index (χ0) is 22.4. The molecule has 2 aromatic carbocycles. The summed E-state index contributed by atoms with van der Waals surface area (Å²) >= 11 is 1.48. The van der Waals surface area contributed by atoms with Gasteiger partial charge in [0.1, 0.15) is 11.6 Å². The van der Waals surface area contributed by atoms with E-state index < -0.39 is 0 Å². The van der Waals surface area contributed by atoms with Crippen molar-refractivity contribution in [2.24, 2.45) is 0 Å². The van der Waals surface area contributed by atoms with Gasteiger partial charge in [0.05, 0.1) is 29.6 Å². The van der Waals surface area contributed by atoms with E-state index in [0.717, 1.165) is 32.8 Å². The van der Waals surface area contributed by atoms with Gasteiger partial charge in [-0.1, -0.05) is 17.4 Å². The molecule has 0 aliphatic carbocycles. The van der Waals surface area contributed by atoms with Gasteiger partial charge in [0, 0.05) is 17.9 Å². The summed E-state index contributed by atoms with van der Waals surface area (Å²) in [5.74, 6) is 1.56. The van der Waals surface area contributed by atoms with E-state index in [-0.39, 0.29) is 24.0 Å². The van der Waals surface area contributed by atoms with Crippen molar-refractivity contribution in [2.75, 3.05) is 19.0 Å². The van der Waals surface area contributed by atoms with Crippen LogP contribution in [0.25, 0.3) is 15.3 Å². The van der Waals surface area contributed by atoms with E-state index in [4.69, 9.17) is 19.6 Å². The van der Waals surface area contributed by atoms with Crippen LogP contribution in [0.1, 0.15) is 36.1 Å². The second-order valence-corrected chi connectivity index (χ2v) is 8.56. The Hall–Kier alpha value is -3.59. The van der Waals surface area contributed by atoms with Gasteiger partial charge in [0.15, 0.2) is 11.5 Å². The number of amides is 1. The number of benzene rings is 2. The number of phenolic OH excluding ortho intramolecular Hbond substituents is 1. The maximum Gasteiger partial charge on any atom is 0.226 e. The number of thiazole rings is 1. The lowest BCUT2D eigenvalue weighted by atomic mass is 9.85. The Balaban J connectivity index is 1.62. The van der Waals surface area contributed by atoms with Gasteiger partial charge in [-0.2, -0.15) is 9.78 Å². The summed E-state index contributed by atoms with van der Waals surface area (Å²) in [5.41, 5.74) is 3.48. The maximum absolute atomic E-state index is 12.7. The number of aryl methyl sites for hydroxylation is 1. The Morgan fingerprint density at radius 3 is 2.91 bits per heavy atom. The molecule has 32 heavy (non-hydrogen) atoms. The van der Waals surface area contributed by atoms with Crippen LogP contribution in [0.5, 0.6) is 17.2 Å². The number of aromatic hydroxyl groups is 1. The number of methoxy groups -OCH3 is 1. The minimum absolute atomic E-state index is 0.0772. The van der Waals surface area contributed by atoms with E-state index >= 15 is 0 Å². The lowest BCUT2D eigenvalue weighted by Gasteiger charge is -2.24. The highest BCUT2D eigenvalue weighted by atomic mass is 32.1. The van der Waals surface area contributed by atoms with Crippen LogP contribution in [-0.4, -0.2) is 39.5 Å². The number of carbonyl (C=O) groups excluding carboxylic acids is 1. The molecule has 1 aliphatic rings. The van der Waals surface area contributed by atoms with E-state index in [1.54, 1.807) is 23.9 Å². The highest BCUT2D eigenvalue weighted by molar-refractivity contribution is 7.20. The molecule has 1 atom stereocenters. The van der Waals surface area contributed by atoms with Crippen molar-refractivity contribution >= 4 is 33.3 Å². The van der Waals surface area contributed by atoms with Crippen LogP contribution in [0.4, 0.5) is 5.82 Å². The quantitative estimate of drug-likeness (QED) is 0.468. The van der Waals surface area contributed by atoms with Gasteiger partial charge in [-0.15, -0.1) is 0 Å². The van der Waals surface area contributed by atoms with Gasteiger partial charge in [0.25, 0.3) is 0 Å². The number of nitrogens with one attached hydrogen (secondary N) is 1. The lowest BCUT2D eigenvalue weighted by molar-refractivity contribution is -0.116. The zero-order valence-corrected chi connectivity index (χ0v) is 18.7. The highest BCUT2D eigenvalue weighted by Gasteiger charge is 2.33. The van der Waals surface area contributed by atoms with E-state index in [0.29, 0.717) is 23.3 Å². The number of fused-ring (bicyclic) bond motifs is 2. The summed E-state index contributed by atoms with van der Waals surface area (Å²) in [6.07, 6.45) is 0.285. The van der Waals surface area contributed by atoms with Crippen molar-refractivity contribution in [1.82, 2.24) is 14.8 Å². The summed E-state index contributed by atoms with van der Waals surface area (Å²) in [6, 6.07) is 10.9. The maximum atomic E-state index is 12.7. The molecule has 0 radical (unpaired) electrons. The molecule has 0 unspecified atom stereocenters. The molecule has 9 heteroatoms. The van der Waals surface area contributed by atoms with Crippen molar-refractivity contribution in [1.29, 1.82) is 0 Å². The second kappa shape index (κ2) is 7.83. The number of aromatic nitrogens is 3. The van der Waals surface area contributed by atoms with Crippen molar-refractivity contribution in [3.8, 4) is 22.4 Å². The number of rotatable bonds is 5. The molecule has 0 spiro atoms. The molecule has 4 aromatic rings. The molecule has 5 rings (SSSR count). The van der Waals surface area contributed by atoms with Gasteiger partial charge in [0.2, 0.25) is 11.0 Å². The van der Waals surface area contributed by atoms with Crippen LogP contribution >= 0.6 is 11.3 Å². The van der Waals surface area contributed by atoms with Crippen molar-refractivity contribution < 1.29 is 19.4 Å². The molecular formula is C23H22N4O4S. The SMILES string of the molecule is CCOc1cc([C@H]2CC(=O)Nc3c2c(C)nn3-c2nc3ccc(OC)cc3s2)ccc1O. The largest absolute Gasteiger partial charge is 0.504 e. The van der Waals surface area contributed by atoms with Crippen molar-refractivity contribution in [2.45, 2.75) is 26.2 Å². The summed E-state index contributed by atoms with van der Waals surface area (Å²) in [4.78, 5) is 17.4. The highest BCUT2D eigenvalue weighted by Crippen LogP contribution is 2.43. The van der Waals surface area contributed by atoms with Crippen molar-refractivity contribution in [3.63, 3.8) is 0 Å². The molecular weight excluding hydrogens is 428 g/mol. The Labute approximate surface area is 188 Å². The number of nitrogens with zero attached hydrogens (tertiary/aromatic N) is 3. The lowest BCUT2D eigenvalue weighted by Crippen LogP contribution is -2.25. The van der Waals surface area contributed by atoms with Crippen LogP contribution in [0, 0.1) is 6.92 Å². The van der Waals surface area contributed by atoms with Crippen LogP contribution in [0.3, 0.4) is 0 Å². The molecule has 2 aromatic heterocycles. The molecule has 1 aliphatic heterocycles. The number of hydrogen-bond donors (Lipinski definition) is 2. The number of hydrogen-bond acceptors (Lipinski definition) is 7. The number of ether oxygens (including phenoxy) is 2. The molecule has 8 nitrogen and oxygen atoms in total. The summed E-state index contributed by atoms with van der Waals surface area (Å²) in [5, 5.41) is 18.5. The predicted octanol–water partition coefficient (Wildman–Crippen LogP) is 4.38. The fourth-order valence-corrected chi connectivity index (χ4v) is 5.05. The molecule has 0 saturated carbocycles. The van der Waals surface area contributed by atoms with Gasteiger partial charge < -0.3 is 19.9 Å². The standard InChI is InChI=1S/C23H22N4O4S/c1-4-31-18-9-13(5-8-17(18)28)15-11-20(29)25-22-21(15)12(2)26-27(22)23-24-16-7-6-14(30-3)10-19(16)32-23/h5-10,15,28H,4,11H2,1-3H3,(H,25,29)/t15-/m1/s1. The third kappa shape index (κ3) is 3.34. The normalized spacial score (nSPS) is 15.5. The first-order chi connectivity index (χ1) is 15.5. The molecule has 0 saturated heterocycles. The number of phenols is 1. The van der Waals surface area contributed by atoms with Crippen LogP contribution < -0.4 is 14.8 Å². The van der Waals surface area contributed by atoms with Gasteiger partial charge in [-0.05, 0) is 49.7 Å². The Kier molecular flexibility index (Phi) is 4.97. The zero-order valence-electron chi connectivity index (χ0n) is 17.9. The first-order valence-electron chi connectivity index (χ1n) is 10.3. The van der Waals surface area contributed by atoms with E-state index in [2.05, 4.69) is 5.32 Å². The van der Waals surface area contributed by atoms with E-state index in [1.807, 2.05) is 38.1 Å². The third-order valence-corrected chi connectivity index (χ3v) is 6.55. The number of anilines is 1. The average molecular weight is 451 g/mol. The smallest absolute Gasteiger partial charge is 0.226 e. The first-order valence-corrected chi connectivity index (χ1v) is 11.1. The first kappa shape index (κ1) is 20.3. The second-order valence-electron chi connectivity index (χ2n) is 7.55. The minimum atomic E-state index is -0.207. The average Bonchev–Trinajstić information content (AvgIpc) is 3.35. The summed E-state index contributed by atoms with van der Waals surface area (Å²) in [7, 11) is 1.63. The fraction of sp³-hybridized carbons (Fsp3) is 0.261. The van der Waals surface area contributed by atoms with E-state index in [1.165, 1.54) is 11.3 Å². The topological polar surface area (TPSA) is 98.5 Å². The molecule has 164 valence electrons. The number of carbonyl (C=O) groups is 1. The fourth-order valence-electron chi connectivity index (χ4n) is 4.10. The van der Waals surface area contributed by atoms with Gasteiger partial charge in [-0.25, -0.2) is 4.98 Å². The van der Waals surface area contributed by atoms with Crippen LogP contribution in [0.15, 0.2) is 36.4 Å². The molecule has 1 amide bonds. The molecule has 2 N–H and O–H groups in total. The van der Waals surface area contributed by atoms with Crippen LogP contribution in [-0.2, 0) is 4.79 Å². The molecule has 3 heterocycles. The van der Waals surface area contributed by atoms with Crippen LogP contribution in [0.2, 0.25) is 0 Å². The summed E-state index contributed by atoms with van der Waals surface area (Å²) in [6.45, 7) is 4.23. The monoisotopic (exact) mass is 450 g/mol. The minimum Gasteiger partial charge on any atom is -0.504 e. The van der Waals surface area contributed by atoms with Gasteiger partial charge >= 0.3 is 0 Å². The van der Waals surface area contributed by atoms with E-state index in [9.17, 15) is 9.90 Å². The van der Waals surface area contributed by atoms with Crippen molar-refractivity contribution in [3.05, 3.63) is 53.2 Å². The Morgan fingerprint density at radius 1 is 1.28 bits per heavy atom. The molecule has 0 bridgehead atoms. The Morgan fingerprint density at radius 2 is 2.12 bits per heavy atom. The molecule has 0 fully saturated rings. The predicted molar refractivity (Wildman–Crippen MR) is 122 cm³/mol. The third-order valence-electron chi connectivity index (χ3n) is 5.55. The summed E-state index contributed by atoms with van der Waals surface area (Å²) < 4.78 is 13.5. The Bertz CT molecular complexity index is 1340.